The van der Waals surface area contributed by atoms with Gasteiger partial charge in [-0.2, -0.15) is 0 Å². The molecule has 1 aliphatic carbocycles. The van der Waals surface area contributed by atoms with Crippen molar-refractivity contribution in [1.82, 2.24) is 20.8 Å². The molecule has 1 atom stereocenters. The SMILES string of the molecule is Cc1cccc2c1OCC(NC(=O)NCc1nnc(C3CC3)s1)C2. The van der Waals surface area contributed by atoms with Gasteiger partial charge in [0.1, 0.15) is 22.4 Å². The van der Waals surface area contributed by atoms with Gasteiger partial charge < -0.3 is 15.4 Å². The van der Waals surface area contributed by atoms with E-state index in [0.717, 1.165) is 33.3 Å². The van der Waals surface area contributed by atoms with Crippen LogP contribution in [0.25, 0.3) is 0 Å². The molecule has 1 fully saturated rings. The number of ether oxygens (including phenoxy) is 1. The van der Waals surface area contributed by atoms with Crippen LogP contribution in [0, 0.1) is 6.92 Å². The number of nitrogens with one attached hydrogen (secondary N) is 2. The summed E-state index contributed by atoms with van der Waals surface area (Å²) in [5, 5.41) is 16.1. The fourth-order valence-corrected chi connectivity index (χ4v) is 3.86. The fraction of sp³-hybridized carbons (Fsp3) is 0.471. The first-order valence-electron chi connectivity index (χ1n) is 8.27. The molecule has 1 aromatic carbocycles. The number of rotatable bonds is 4. The smallest absolute Gasteiger partial charge is 0.315 e. The van der Waals surface area contributed by atoms with Crippen molar-refractivity contribution < 1.29 is 9.53 Å². The van der Waals surface area contributed by atoms with Crippen molar-refractivity contribution in [2.45, 2.75) is 44.7 Å². The van der Waals surface area contributed by atoms with Gasteiger partial charge in [-0.05, 0) is 37.3 Å². The second-order valence-corrected chi connectivity index (χ2v) is 7.50. The molecule has 0 bridgehead atoms. The Bertz CT molecular complexity index is 757. The number of para-hydroxylation sites is 1. The minimum Gasteiger partial charge on any atom is -0.491 e. The highest BCUT2D eigenvalue weighted by atomic mass is 32.1. The largest absolute Gasteiger partial charge is 0.491 e. The minimum atomic E-state index is -0.192. The average molecular weight is 344 g/mol. The summed E-state index contributed by atoms with van der Waals surface area (Å²) in [4.78, 5) is 12.1. The maximum Gasteiger partial charge on any atom is 0.315 e. The van der Waals surface area contributed by atoms with Crippen molar-refractivity contribution >= 4 is 17.4 Å². The number of nitrogens with zero attached hydrogens (tertiary/aromatic N) is 2. The van der Waals surface area contributed by atoms with E-state index >= 15 is 0 Å². The number of benzene rings is 1. The van der Waals surface area contributed by atoms with Crippen molar-refractivity contribution in [3.63, 3.8) is 0 Å². The van der Waals surface area contributed by atoms with Crippen LogP contribution in [0.15, 0.2) is 18.2 Å². The summed E-state index contributed by atoms with van der Waals surface area (Å²) in [6.07, 6.45) is 3.21. The normalized spacial score (nSPS) is 19.3. The van der Waals surface area contributed by atoms with Crippen LogP contribution in [0.3, 0.4) is 0 Å². The van der Waals surface area contributed by atoms with Crippen LogP contribution in [0.4, 0.5) is 4.79 Å². The molecule has 2 heterocycles. The molecular weight excluding hydrogens is 324 g/mol. The van der Waals surface area contributed by atoms with E-state index in [1.165, 1.54) is 12.8 Å². The summed E-state index contributed by atoms with van der Waals surface area (Å²) in [7, 11) is 0. The molecule has 0 saturated heterocycles. The third-order valence-corrected chi connectivity index (χ3v) is 5.42. The molecule has 2 amide bonds. The van der Waals surface area contributed by atoms with Crippen molar-refractivity contribution in [1.29, 1.82) is 0 Å². The fourth-order valence-electron chi connectivity index (χ4n) is 2.91. The van der Waals surface area contributed by atoms with Crippen molar-refractivity contribution in [3.05, 3.63) is 39.3 Å². The first-order valence-corrected chi connectivity index (χ1v) is 9.08. The lowest BCUT2D eigenvalue weighted by molar-refractivity contribution is 0.213. The predicted octanol–water partition coefficient (Wildman–Crippen LogP) is 2.53. The summed E-state index contributed by atoms with van der Waals surface area (Å²) >= 11 is 1.59. The lowest BCUT2D eigenvalue weighted by atomic mass is 10.0. The monoisotopic (exact) mass is 344 g/mol. The highest BCUT2D eigenvalue weighted by Gasteiger charge is 2.27. The van der Waals surface area contributed by atoms with E-state index in [0.29, 0.717) is 19.1 Å². The summed E-state index contributed by atoms with van der Waals surface area (Å²) in [6.45, 7) is 2.95. The van der Waals surface area contributed by atoms with Crippen molar-refractivity contribution in [2.24, 2.45) is 0 Å². The van der Waals surface area contributed by atoms with Gasteiger partial charge in [0.2, 0.25) is 0 Å². The highest BCUT2D eigenvalue weighted by Crippen LogP contribution is 2.41. The van der Waals surface area contributed by atoms with Crippen molar-refractivity contribution in [2.75, 3.05) is 6.61 Å². The van der Waals surface area contributed by atoms with E-state index in [4.69, 9.17) is 4.74 Å². The molecule has 4 rings (SSSR count). The molecular formula is C17H20N4O2S. The first-order chi connectivity index (χ1) is 11.7. The van der Waals surface area contributed by atoms with E-state index in [1.54, 1.807) is 11.3 Å². The number of amides is 2. The van der Waals surface area contributed by atoms with Crippen LogP contribution in [-0.2, 0) is 13.0 Å². The molecule has 0 spiro atoms. The van der Waals surface area contributed by atoms with Crippen LogP contribution in [-0.4, -0.2) is 28.9 Å². The van der Waals surface area contributed by atoms with Crippen LogP contribution < -0.4 is 15.4 Å². The van der Waals surface area contributed by atoms with Crippen molar-refractivity contribution in [3.8, 4) is 5.75 Å². The Balaban J connectivity index is 1.28. The highest BCUT2D eigenvalue weighted by molar-refractivity contribution is 7.11. The van der Waals surface area contributed by atoms with Gasteiger partial charge >= 0.3 is 6.03 Å². The van der Waals surface area contributed by atoms with E-state index in [9.17, 15) is 4.79 Å². The Labute approximate surface area is 144 Å². The summed E-state index contributed by atoms with van der Waals surface area (Å²) in [5.41, 5.74) is 2.28. The van der Waals surface area contributed by atoms with Crippen LogP contribution in [0.2, 0.25) is 0 Å². The molecule has 1 unspecified atom stereocenters. The quantitative estimate of drug-likeness (QED) is 0.894. The number of aryl methyl sites for hydroxylation is 1. The number of hydrogen-bond acceptors (Lipinski definition) is 5. The minimum absolute atomic E-state index is 0.0178. The third-order valence-electron chi connectivity index (χ3n) is 4.33. The van der Waals surface area contributed by atoms with E-state index < -0.39 is 0 Å². The van der Waals surface area contributed by atoms with E-state index in [1.807, 2.05) is 19.1 Å². The van der Waals surface area contributed by atoms with Gasteiger partial charge in [-0.1, -0.05) is 29.5 Å². The Morgan fingerprint density at radius 2 is 2.25 bits per heavy atom. The number of carbonyl (C=O) groups is 1. The van der Waals surface area contributed by atoms with Crippen LogP contribution in [0.1, 0.15) is 39.9 Å². The van der Waals surface area contributed by atoms with Gasteiger partial charge in [0, 0.05) is 5.92 Å². The number of urea groups is 1. The summed E-state index contributed by atoms with van der Waals surface area (Å²) < 4.78 is 5.80. The van der Waals surface area contributed by atoms with Crippen LogP contribution in [0.5, 0.6) is 5.75 Å². The van der Waals surface area contributed by atoms with Gasteiger partial charge in [-0.15, -0.1) is 10.2 Å². The van der Waals surface area contributed by atoms with Gasteiger partial charge in [-0.3, -0.25) is 0 Å². The van der Waals surface area contributed by atoms with Gasteiger partial charge in [0.25, 0.3) is 0 Å². The van der Waals surface area contributed by atoms with Gasteiger partial charge in [-0.25, -0.2) is 4.79 Å². The maximum absolute atomic E-state index is 12.1. The standard InChI is InChI=1S/C17H20N4O2S/c1-10-3-2-4-12-7-13(9-23-15(10)12)19-17(22)18-8-14-20-21-16(24-14)11-5-6-11/h2-4,11,13H,5-9H2,1H3,(H2,18,19,22). The molecule has 1 aliphatic heterocycles. The summed E-state index contributed by atoms with van der Waals surface area (Å²) in [6, 6.07) is 5.90. The van der Waals surface area contributed by atoms with Gasteiger partial charge in [0.05, 0.1) is 12.6 Å². The van der Waals surface area contributed by atoms with E-state index in [-0.39, 0.29) is 12.1 Å². The molecule has 2 aromatic rings. The topological polar surface area (TPSA) is 76.1 Å². The molecule has 7 heteroatoms. The predicted molar refractivity (Wildman–Crippen MR) is 91.4 cm³/mol. The Morgan fingerprint density at radius 1 is 1.38 bits per heavy atom. The molecule has 2 aliphatic rings. The zero-order valence-electron chi connectivity index (χ0n) is 13.5. The molecule has 0 radical (unpaired) electrons. The zero-order chi connectivity index (χ0) is 16.5. The summed E-state index contributed by atoms with van der Waals surface area (Å²) in [5.74, 6) is 1.56. The zero-order valence-corrected chi connectivity index (χ0v) is 14.4. The molecule has 6 nitrogen and oxygen atoms in total. The first kappa shape index (κ1) is 15.4. The lowest BCUT2D eigenvalue weighted by Gasteiger charge is -2.27. The molecule has 2 N–H and O–H groups in total. The molecule has 24 heavy (non-hydrogen) atoms. The Kier molecular flexibility index (Phi) is 4.10. The maximum atomic E-state index is 12.1. The average Bonchev–Trinajstić information content (AvgIpc) is 3.32. The lowest BCUT2D eigenvalue weighted by Crippen LogP contribution is -2.47. The Hall–Kier alpha value is -2.15. The molecule has 126 valence electrons. The van der Waals surface area contributed by atoms with Gasteiger partial charge in [0.15, 0.2) is 0 Å². The number of hydrogen-bond donors (Lipinski definition) is 2. The second-order valence-electron chi connectivity index (χ2n) is 6.41. The molecule has 1 saturated carbocycles. The number of carbonyl (C=O) groups excluding carboxylic acids is 1. The van der Waals surface area contributed by atoms with E-state index in [2.05, 4.69) is 26.9 Å². The Morgan fingerprint density at radius 3 is 3.08 bits per heavy atom. The third kappa shape index (κ3) is 3.36. The number of aromatic nitrogens is 2. The number of fused-ring (bicyclic) bond motifs is 1. The second kappa shape index (κ2) is 6.39. The van der Waals surface area contributed by atoms with Crippen LogP contribution >= 0.6 is 11.3 Å². The molecule has 1 aromatic heterocycles.